The van der Waals surface area contributed by atoms with Gasteiger partial charge in [0.05, 0.1) is 29.5 Å². The average Bonchev–Trinajstić information content (AvgIpc) is 3.26. The van der Waals surface area contributed by atoms with Gasteiger partial charge >= 0.3 is 5.97 Å². The number of furan rings is 1. The van der Waals surface area contributed by atoms with Crippen molar-refractivity contribution in [2.75, 3.05) is 6.61 Å². The maximum atomic E-state index is 12.5. The minimum atomic E-state index is -0.728. The van der Waals surface area contributed by atoms with Gasteiger partial charge in [-0.25, -0.2) is 4.79 Å². The molecule has 2 aliphatic rings. The van der Waals surface area contributed by atoms with E-state index in [2.05, 4.69) is 5.32 Å². The highest BCUT2D eigenvalue weighted by Gasteiger charge is 2.36. The van der Waals surface area contributed by atoms with Crippen molar-refractivity contribution in [2.24, 2.45) is 0 Å². The van der Waals surface area contributed by atoms with Crippen LogP contribution in [0.15, 0.2) is 41.0 Å². The normalized spacial score (nSPS) is 15.6. The van der Waals surface area contributed by atoms with Crippen molar-refractivity contribution >= 4 is 23.7 Å². The van der Waals surface area contributed by atoms with Crippen molar-refractivity contribution in [3.63, 3.8) is 0 Å². The van der Waals surface area contributed by atoms with Crippen molar-refractivity contribution in [1.82, 2.24) is 10.2 Å². The van der Waals surface area contributed by atoms with Crippen LogP contribution >= 0.6 is 0 Å². The number of ether oxygens (including phenoxy) is 1. The first-order valence-corrected chi connectivity index (χ1v) is 8.52. The van der Waals surface area contributed by atoms with Gasteiger partial charge in [-0.1, -0.05) is 0 Å². The average molecular weight is 368 g/mol. The van der Waals surface area contributed by atoms with Gasteiger partial charge in [0.25, 0.3) is 17.7 Å². The number of rotatable bonds is 6. The fraction of sp³-hybridized carbons (Fsp3) is 0.263. The van der Waals surface area contributed by atoms with Gasteiger partial charge in [-0.05, 0) is 43.2 Å². The standard InChI is InChI=1S/C19H16N2O6/c22-16(20-12-4-5-12)10-27-19(25)11-3-6-14-15(8-11)18(24)21(17(14)23)9-13-2-1-7-26-13/h1-3,6-8,12H,4-5,9-10H2,(H,20,22). The molecule has 8 nitrogen and oxygen atoms in total. The predicted molar refractivity (Wildman–Crippen MR) is 90.8 cm³/mol. The van der Waals surface area contributed by atoms with Crippen LogP contribution in [0.3, 0.4) is 0 Å². The minimum Gasteiger partial charge on any atom is -0.467 e. The fourth-order valence-electron chi connectivity index (χ4n) is 2.83. The summed E-state index contributed by atoms with van der Waals surface area (Å²) in [5.41, 5.74) is 0.451. The van der Waals surface area contributed by atoms with Crippen LogP contribution in [0.5, 0.6) is 0 Å². The Morgan fingerprint density at radius 1 is 1.15 bits per heavy atom. The summed E-state index contributed by atoms with van der Waals surface area (Å²) in [6.07, 6.45) is 3.34. The van der Waals surface area contributed by atoms with E-state index < -0.39 is 17.8 Å². The van der Waals surface area contributed by atoms with Crippen LogP contribution in [-0.2, 0) is 16.1 Å². The van der Waals surface area contributed by atoms with E-state index in [0.29, 0.717) is 5.76 Å². The van der Waals surface area contributed by atoms with Crippen LogP contribution in [-0.4, -0.2) is 41.2 Å². The van der Waals surface area contributed by atoms with Crippen LogP contribution in [0.4, 0.5) is 0 Å². The number of hydrogen-bond donors (Lipinski definition) is 1. The van der Waals surface area contributed by atoms with Crippen molar-refractivity contribution in [3.05, 3.63) is 59.0 Å². The molecule has 1 saturated carbocycles. The molecular formula is C19H16N2O6. The van der Waals surface area contributed by atoms with E-state index in [4.69, 9.17) is 9.15 Å². The van der Waals surface area contributed by atoms with Gasteiger partial charge in [-0.2, -0.15) is 0 Å². The number of carbonyl (C=O) groups excluding carboxylic acids is 4. The van der Waals surface area contributed by atoms with E-state index >= 15 is 0 Å². The number of hydrogen-bond acceptors (Lipinski definition) is 6. The van der Waals surface area contributed by atoms with Crippen LogP contribution in [0, 0.1) is 0 Å². The molecule has 4 rings (SSSR count). The van der Waals surface area contributed by atoms with Gasteiger partial charge in [0.15, 0.2) is 6.61 Å². The summed E-state index contributed by atoms with van der Waals surface area (Å²) >= 11 is 0. The van der Waals surface area contributed by atoms with E-state index in [0.717, 1.165) is 17.7 Å². The molecule has 0 saturated heterocycles. The SMILES string of the molecule is O=C(COC(=O)c1ccc2c(c1)C(=O)N(Cc1ccco1)C2=O)NC1CC1. The molecule has 0 atom stereocenters. The molecule has 1 aromatic heterocycles. The van der Waals surface area contributed by atoms with Crippen molar-refractivity contribution in [2.45, 2.75) is 25.4 Å². The third kappa shape index (κ3) is 3.46. The summed E-state index contributed by atoms with van der Waals surface area (Å²) in [5.74, 6) is -1.56. The molecule has 2 aromatic rings. The first kappa shape index (κ1) is 17.0. The molecule has 1 aliphatic heterocycles. The number of imide groups is 1. The summed E-state index contributed by atoms with van der Waals surface area (Å²) in [5, 5.41) is 2.71. The van der Waals surface area contributed by atoms with Gasteiger partial charge < -0.3 is 14.5 Å². The lowest BCUT2D eigenvalue weighted by molar-refractivity contribution is -0.124. The maximum absolute atomic E-state index is 12.5. The molecule has 8 heteroatoms. The quantitative estimate of drug-likeness (QED) is 0.612. The number of fused-ring (bicyclic) bond motifs is 1. The van der Waals surface area contributed by atoms with Gasteiger partial charge in [0.1, 0.15) is 5.76 Å². The smallest absolute Gasteiger partial charge is 0.338 e. The molecule has 0 radical (unpaired) electrons. The minimum absolute atomic E-state index is 0.0143. The molecule has 1 N–H and O–H groups in total. The lowest BCUT2D eigenvalue weighted by Gasteiger charge is -2.11. The highest BCUT2D eigenvalue weighted by atomic mass is 16.5. The maximum Gasteiger partial charge on any atom is 0.338 e. The summed E-state index contributed by atoms with van der Waals surface area (Å²) < 4.78 is 10.2. The number of nitrogens with zero attached hydrogens (tertiary/aromatic N) is 1. The van der Waals surface area contributed by atoms with Crippen molar-refractivity contribution in [1.29, 1.82) is 0 Å². The second kappa shape index (κ2) is 6.71. The Kier molecular flexibility index (Phi) is 4.23. The van der Waals surface area contributed by atoms with E-state index in [1.807, 2.05) is 0 Å². The Bertz CT molecular complexity index is 930. The lowest BCUT2D eigenvalue weighted by atomic mass is 10.1. The largest absolute Gasteiger partial charge is 0.467 e. The zero-order valence-corrected chi connectivity index (χ0v) is 14.3. The molecule has 2 heterocycles. The predicted octanol–water partition coefficient (Wildman–Crippen LogP) is 1.51. The molecule has 1 aliphatic carbocycles. The molecule has 0 bridgehead atoms. The Hall–Kier alpha value is -3.42. The second-order valence-electron chi connectivity index (χ2n) is 6.45. The molecular weight excluding hydrogens is 352 g/mol. The van der Waals surface area contributed by atoms with Crippen molar-refractivity contribution < 1.29 is 28.3 Å². The molecule has 1 fully saturated rings. The van der Waals surface area contributed by atoms with Crippen LogP contribution in [0.1, 0.15) is 49.7 Å². The lowest BCUT2D eigenvalue weighted by Crippen LogP contribution is -2.30. The summed E-state index contributed by atoms with van der Waals surface area (Å²) in [6.45, 7) is -0.371. The van der Waals surface area contributed by atoms with Gasteiger partial charge in [0, 0.05) is 6.04 Å². The third-order valence-corrected chi connectivity index (χ3v) is 4.38. The zero-order valence-electron chi connectivity index (χ0n) is 14.3. The van der Waals surface area contributed by atoms with E-state index in [1.54, 1.807) is 12.1 Å². The van der Waals surface area contributed by atoms with Crippen molar-refractivity contribution in [3.8, 4) is 0 Å². The molecule has 1 aromatic carbocycles. The van der Waals surface area contributed by atoms with Gasteiger partial charge in [0.2, 0.25) is 0 Å². The summed E-state index contributed by atoms with van der Waals surface area (Å²) in [6, 6.07) is 7.65. The summed E-state index contributed by atoms with van der Waals surface area (Å²) in [7, 11) is 0. The van der Waals surface area contributed by atoms with Crippen LogP contribution in [0.25, 0.3) is 0 Å². The van der Waals surface area contributed by atoms with Gasteiger partial charge in [-0.15, -0.1) is 0 Å². The highest BCUT2D eigenvalue weighted by molar-refractivity contribution is 6.21. The Morgan fingerprint density at radius 3 is 2.63 bits per heavy atom. The van der Waals surface area contributed by atoms with E-state index in [9.17, 15) is 19.2 Å². The first-order chi connectivity index (χ1) is 13.0. The van der Waals surface area contributed by atoms with Crippen LogP contribution in [0.2, 0.25) is 0 Å². The number of nitrogens with one attached hydrogen (secondary N) is 1. The molecule has 0 spiro atoms. The van der Waals surface area contributed by atoms with Crippen LogP contribution < -0.4 is 5.32 Å². The Balaban J connectivity index is 1.45. The molecule has 138 valence electrons. The van der Waals surface area contributed by atoms with E-state index in [-0.39, 0.29) is 41.8 Å². The number of benzene rings is 1. The number of carbonyl (C=O) groups is 4. The topological polar surface area (TPSA) is 106 Å². The Morgan fingerprint density at radius 2 is 1.93 bits per heavy atom. The summed E-state index contributed by atoms with van der Waals surface area (Å²) in [4.78, 5) is 49.8. The zero-order chi connectivity index (χ0) is 19.0. The monoisotopic (exact) mass is 368 g/mol. The molecule has 0 unspecified atom stereocenters. The van der Waals surface area contributed by atoms with E-state index in [1.165, 1.54) is 24.5 Å². The third-order valence-electron chi connectivity index (χ3n) is 4.38. The highest BCUT2D eigenvalue weighted by Crippen LogP contribution is 2.26. The molecule has 3 amide bonds. The molecule has 27 heavy (non-hydrogen) atoms. The van der Waals surface area contributed by atoms with Gasteiger partial charge in [-0.3, -0.25) is 19.3 Å². The second-order valence-corrected chi connectivity index (χ2v) is 6.45. The fourth-order valence-corrected chi connectivity index (χ4v) is 2.83. The Labute approximate surface area is 154 Å². The number of amides is 3. The first-order valence-electron chi connectivity index (χ1n) is 8.52. The number of esters is 1.